The van der Waals surface area contributed by atoms with E-state index in [0.29, 0.717) is 13.0 Å². The molecule has 1 aliphatic heterocycles. The van der Waals surface area contributed by atoms with Crippen LogP contribution < -0.4 is 0 Å². The third kappa shape index (κ3) is 46.6. The van der Waals surface area contributed by atoms with Gasteiger partial charge >= 0.3 is 16.4 Å². The lowest BCUT2D eigenvalue weighted by Gasteiger charge is -2.41. The largest absolute Gasteiger partial charge is 0.457 e. The fourth-order valence-electron chi connectivity index (χ4n) is 10.5. The van der Waals surface area contributed by atoms with Crippen LogP contribution in [-0.2, 0) is 38.3 Å². The van der Waals surface area contributed by atoms with E-state index in [-0.39, 0.29) is 25.6 Å². The fourth-order valence-corrected chi connectivity index (χ4v) is 11.0. The molecule has 6 atom stereocenters. The van der Waals surface area contributed by atoms with Crippen LogP contribution in [0.5, 0.6) is 0 Å². The van der Waals surface area contributed by atoms with Gasteiger partial charge in [0.25, 0.3) is 0 Å². The summed E-state index contributed by atoms with van der Waals surface area (Å²) in [4.78, 5) is 13.0. The van der Waals surface area contributed by atoms with Crippen molar-refractivity contribution in [2.45, 2.75) is 359 Å². The number of ether oxygens (including phenoxy) is 4. The summed E-state index contributed by atoms with van der Waals surface area (Å²) in [6, 6.07) is 0. The number of unbranched alkanes of at least 4 members (excludes halogenated alkanes) is 44. The van der Waals surface area contributed by atoms with E-state index in [2.05, 4.69) is 30.2 Å². The Labute approximate surface area is 468 Å². The molecule has 4 N–H and O–H groups in total. The van der Waals surface area contributed by atoms with Crippen molar-refractivity contribution in [3.05, 3.63) is 12.2 Å². The molecule has 0 saturated carbocycles. The average molecular weight is 1100 g/mol. The Morgan fingerprint density at radius 2 is 0.829 bits per heavy atom. The van der Waals surface area contributed by atoms with Crippen LogP contribution in [0.15, 0.2) is 12.2 Å². The topological polar surface area (TPSA) is 178 Å². The molecule has 0 radical (unpaired) electrons. The minimum Gasteiger partial charge on any atom is -0.457 e. The van der Waals surface area contributed by atoms with Gasteiger partial charge in [-0.3, -0.25) is 9.35 Å². The monoisotopic (exact) mass is 1100 g/mol. The van der Waals surface area contributed by atoms with Gasteiger partial charge in [0.05, 0.1) is 19.8 Å². The Kier molecular flexibility index (Phi) is 52.2. The molecule has 12 nitrogen and oxygen atoms in total. The van der Waals surface area contributed by atoms with Gasteiger partial charge in [-0.2, -0.15) is 8.42 Å². The predicted octanol–water partition coefficient (Wildman–Crippen LogP) is 16.9. The zero-order valence-corrected chi connectivity index (χ0v) is 50.2. The molecule has 1 aliphatic rings. The lowest BCUT2D eigenvalue weighted by atomic mass is 9.99. The van der Waals surface area contributed by atoms with Gasteiger partial charge < -0.3 is 34.3 Å². The molecule has 1 fully saturated rings. The van der Waals surface area contributed by atoms with Gasteiger partial charge in [0, 0.05) is 13.0 Å². The van der Waals surface area contributed by atoms with Gasteiger partial charge in [-0.05, 0) is 38.5 Å². The minimum absolute atomic E-state index is 0.0436. The Bertz CT molecular complexity index is 1370. The number of carbonyl (C=O) groups excluding carboxylic acids is 1. The number of aliphatic hydroxyl groups excluding tert-OH is 3. The van der Waals surface area contributed by atoms with Gasteiger partial charge in [0.15, 0.2) is 6.29 Å². The molecule has 1 saturated heterocycles. The molecule has 0 amide bonds. The number of hydrogen-bond acceptors (Lipinski definition) is 11. The van der Waals surface area contributed by atoms with Crippen LogP contribution in [0, 0.1) is 0 Å². The predicted molar refractivity (Wildman–Crippen MR) is 313 cm³/mol. The van der Waals surface area contributed by atoms with Gasteiger partial charge in [-0.25, -0.2) is 4.18 Å². The first kappa shape index (κ1) is 72.9. The molecule has 0 aliphatic carbocycles. The van der Waals surface area contributed by atoms with E-state index < -0.39 is 53.8 Å². The standard InChI is InChI=1S/C63H122O12S/c1-3-5-7-9-11-13-15-17-19-21-23-25-27-29-30-32-34-36-38-40-42-44-46-48-50-52-59(65)73-57(56-72-63-61(67)62(75-76(68,69)70)60(66)58(54-64)74-63)55-71-53-51-49-47-45-43-41-39-37-35-33-31-28-26-24-22-20-18-16-14-12-10-8-6-4-2/h21,23,57-58,60-64,66-67H,3-20,22,24-56H2,1-2H3,(H,68,69,70)/b23-21-. The number of rotatable bonds is 59. The van der Waals surface area contributed by atoms with E-state index in [0.717, 1.165) is 38.5 Å². The first-order valence-electron chi connectivity index (χ1n) is 32.4. The van der Waals surface area contributed by atoms with Crippen LogP contribution in [0.25, 0.3) is 0 Å². The van der Waals surface area contributed by atoms with Crippen molar-refractivity contribution in [1.82, 2.24) is 0 Å². The molecule has 13 heteroatoms. The molecule has 0 aromatic rings. The Balaban J connectivity index is 2.22. The highest BCUT2D eigenvalue weighted by molar-refractivity contribution is 7.80. The van der Waals surface area contributed by atoms with Crippen LogP contribution in [0.3, 0.4) is 0 Å². The summed E-state index contributed by atoms with van der Waals surface area (Å²) in [5.74, 6) is -0.390. The van der Waals surface area contributed by atoms with Crippen molar-refractivity contribution < 1.29 is 56.2 Å². The molecule has 0 aromatic carbocycles. The van der Waals surface area contributed by atoms with Crippen LogP contribution in [0.1, 0.15) is 322 Å². The second-order valence-corrected chi connectivity index (χ2v) is 23.8. The van der Waals surface area contributed by atoms with Crippen LogP contribution in [0.4, 0.5) is 0 Å². The lowest BCUT2D eigenvalue weighted by molar-refractivity contribution is -0.301. The summed E-state index contributed by atoms with van der Waals surface area (Å²) in [6.45, 7) is 4.08. The van der Waals surface area contributed by atoms with E-state index in [1.165, 1.54) is 257 Å². The van der Waals surface area contributed by atoms with Crippen molar-refractivity contribution in [2.75, 3.05) is 26.4 Å². The van der Waals surface area contributed by atoms with Crippen molar-refractivity contribution in [1.29, 1.82) is 0 Å². The van der Waals surface area contributed by atoms with E-state index in [1.54, 1.807) is 0 Å². The summed E-state index contributed by atoms with van der Waals surface area (Å²) in [5.41, 5.74) is 0. The molecule has 0 bridgehead atoms. The average Bonchev–Trinajstić information content (AvgIpc) is 3.40. The highest BCUT2D eigenvalue weighted by atomic mass is 32.3. The van der Waals surface area contributed by atoms with Crippen molar-refractivity contribution in [3.8, 4) is 0 Å². The SMILES string of the molecule is CCCCCCCCCC/C=C\CCCCCCCCCCCCCCCC(=O)OC(COCCCCCCCCCCCCCCCCCCCCCCCCCC)COC1OC(CO)C(O)C(OS(=O)(=O)O)C1O. The number of allylic oxidation sites excluding steroid dienone is 2. The number of aliphatic hydroxyl groups is 3. The maximum absolute atomic E-state index is 13.0. The normalized spacial score (nSPS) is 18.5. The maximum atomic E-state index is 13.0. The molecule has 0 spiro atoms. The Morgan fingerprint density at radius 1 is 0.487 bits per heavy atom. The molecule has 1 rings (SSSR count). The first-order valence-corrected chi connectivity index (χ1v) is 33.8. The summed E-state index contributed by atoms with van der Waals surface area (Å²) >= 11 is 0. The molecule has 0 aromatic heterocycles. The van der Waals surface area contributed by atoms with E-state index in [9.17, 15) is 33.1 Å². The third-order valence-electron chi connectivity index (χ3n) is 15.4. The molecule has 452 valence electrons. The highest BCUT2D eigenvalue weighted by Crippen LogP contribution is 2.26. The van der Waals surface area contributed by atoms with Crippen LogP contribution in [-0.4, -0.2) is 97.5 Å². The van der Waals surface area contributed by atoms with E-state index >= 15 is 0 Å². The second-order valence-electron chi connectivity index (χ2n) is 22.7. The minimum atomic E-state index is -5.07. The van der Waals surface area contributed by atoms with Gasteiger partial charge in [-0.1, -0.05) is 289 Å². The zero-order valence-electron chi connectivity index (χ0n) is 49.4. The molecular formula is C63H122O12S. The number of carbonyl (C=O) groups is 1. The van der Waals surface area contributed by atoms with Crippen LogP contribution >= 0.6 is 0 Å². The molecule has 1 heterocycles. The molecule has 76 heavy (non-hydrogen) atoms. The highest BCUT2D eigenvalue weighted by Gasteiger charge is 2.48. The van der Waals surface area contributed by atoms with E-state index in [1.807, 2.05) is 0 Å². The summed E-state index contributed by atoms with van der Waals surface area (Å²) in [7, 11) is -5.07. The van der Waals surface area contributed by atoms with Crippen molar-refractivity contribution in [2.24, 2.45) is 0 Å². The summed E-state index contributed by atoms with van der Waals surface area (Å²) in [6.07, 6.45) is 56.9. The van der Waals surface area contributed by atoms with Crippen molar-refractivity contribution in [3.63, 3.8) is 0 Å². The van der Waals surface area contributed by atoms with E-state index in [4.69, 9.17) is 18.9 Å². The summed E-state index contributed by atoms with van der Waals surface area (Å²) < 4.78 is 59.6. The quantitative estimate of drug-likeness (QED) is 0.0196. The first-order chi connectivity index (χ1) is 37.1. The molecular weight excluding hydrogens is 981 g/mol. The fraction of sp³-hybridized carbons (Fsp3) is 0.952. The number of hydrogen-bond donors (Lipinski definition) is 4. The van der Waals surface area contributed by atoms with Gasteiger partial charge in [0.1, 0.15) is 30.5 Å². The Hall–Kier alpha value is -1.16. The molecule has 6 unspecified atom stereocenters. The van der Waals surface area contributed by atoms with Gasteiger partial charge in [-0.15, -0.1) is 0 Å². The summed E-state index contributed by atoms with van der Waals surface area (Å²) in [5, 5.41) is 30.9. The Morgan fingerprint density at radius 3 is 1.18 bits per heavy atom. The van der Waals surface area contributed by atoms with Crippen molar-refractivity contribution >= 4 is 16.4 Å². The van der Waals surface area contributed by atoms with Crippen LogP contribution in [0.2, 0.25) is 0 Å². The number of esters is 1. The zero-order chi connectivity index (χ0) is 55.3. The third-order valence-corrected chi connectivity index (χ3v) is 15.9. The maximum Gasteiger partial charge on any atom is 0.397 e. The van der Waals surface area contributed by atoms with Gasteiger partial charge in [0.2, 0.25) is 0 Å². The second kappa shape index (κ2) is 54.4. The lowest BCUT2D eigenvalue weighted by Crippen LogP contribution is -2.60. The smallest absolute Gasteiger partial charge is 0.397 e.